The Balaban J connectivity index is 1.86. The van der Waals surface area contributed by atoms with Gasteiger partial charge in [-0.15, -0.1) is 0 Å². The second kappa shape index (κ2) is 11.0. The predicted octanol–water partition coefficient (Wildman–Crippen LogP) is 3.38. The monoisotopic (exact) mass is 489 g/mol. The van der Waals surface area contributed by atoms with Gasteiger partial charge < -0.3 is 10.2 Å². The lowest BCUT2D eigenvalue weighted by atomic mass is 10.1. The van der Waals surface area contributed by atoms with Crippen molar-refractivity contribution in [3.63, 3.8) is 0 Å². The van der Waals surface area contributed by atoms with Crippen LogP contribution in [0.2, 0.25) is 0 Å². The molecule has 2 aromatic carbocycles. The highest BCUT2D eigenvalue weighted by Crippen LogP contribution is 2.21. The molecule has 0 spiro atoms. The van der Waals surface area contributed by atoms with Gasteiger partial charge in [-0.25, -0.2) is 12.8 Å². The van der Waals surface area contributed by atoms with Gasteiger partial charge in [-0.1, -0.05) is 42.7 Å². The molecule has 0 unspecified atom stereocenters. The van der Waals surface area contributed by atoms with E-state index < -0.39 is 34.3 Å². The van der Waals surface area contributed by atoms with Crippen LogP contribution in [0.5, 0.6) is 0 Å². The molecule has 0 radical (unpaired) electrons. The van der Waals surface area contributed by atoms with Crippen LogP contribution in [0.3, 0.4) is 0 Å². The average molecular weight is 490 g/mol. The van der Waals surface area contributed by atoms with E-state index in [1.165, 1.54) is 17.0 Å². The number of sulfonamides is 1. The number of amides is 2. The molecule has 2 aromatic rings. The molecule has 1 saturated carbocycles. The van der Waals surface area contributed by atoms with E-state index in [0.29, 0.717) is 11.3 Å². The van der Waals surface area contributed by atoms with Gasteiger partial charge in [0.2, 0.25) is 21.8 Å². The standard InChI is InChI=1S/C25H32FN3O4S/c1-18-8-14-23(15-9-18)29(34(3,32)33)17-24(30)28(16-20-10-12-21(26)13-11-20)19(2)25(31)27-22-6-4-5-7-22/h8-15,19,22H,4-7,16-17H2,1-3H3,(H,27,31)/t19-/m0/s1. The lowest BCUT2D eigenvalue weighted by molar-refractivity contribution is -0.139. The zero-order valence-corrected chi connectivity index (χ0v) is 20.6. The first-order valence-electron chi connectivity index (χ1n) is 11.4. The molecule has 0 bridgehead atoms. The molecule has 34 heavy (non-hydrogen) atoms. The topological polar surface area (TPSA) is 86.8 Å². The molecule has 9 heteroatoms. The molecular weight excluding hydrogens is 457 g/mol. The number of nitrogens with one attached hydrogen (secondary N) is 1. The van der Waals surface area contributed by atoms with E-state index in [9.17, 15) is 22.4 Å². The van der Waals surface area contributed by atoms with Crippen LogP contribution in [-0.2, 0) is 26.2 Å². The van der Waals surface area contributed by atoms with Crippen LogP contribution in [0.1, 0.15) is 43.7 Å². The van der Waals surface area contributed by atoms with Crippen LogP contribution in [-0.4, -0.2) is 50.0 Å². The third-order valence-electron chi connectivity index (χ3n) is 6.14. The van der Waals surface area contributed by atoms with Gasteiger partial charge in [0.15, 0.2) is 0 Å². The summed E-state index contributed by atoms with van der Waals surface area (Å²) >= 11 is 0. The van der Waals surface area contributed by atoms with E-state index in [1.807, 2.05) is 6.92 Å². The summed E-state index contributed by atoms with van der Waals surface area (Å²) in [5.41, 5.74) is 1.96. The Bertz CT molecular complexity index is 1100. The number of aryl methyl sites for hydroxylation is 1. The summed E-state index contributed by atoms with van der Waals surface area (Å²) in [7, 11) is -3.77. The Kier molecular flexibility index (Phi) is 8.30. The quantitative estimate of drug-likeness (QED) is 0.585. The summed E-state index contributed by atoms with van der Waals surface area (Å²) in [6, 6.07) is 11.7. The molecule has 1 atom stereocenters. The molecule has 184 valence electrons. The number of benzene rings is 2. The maximum Gasteiger partial charge on any atom is 0.244 e. The van der Waals surface area contributed by atoms with Gasteiger partial charge in [-0.2, -0.15) is 0 Å². The van der Waals surface area contributed by atoms with E-state index in [-0.39, 0.29) is 18.5 Å². The number of anilines is 1. The van der Waals surface area contributed by atoms with Gasteiger partial charge in [0, 0.05) is 12.6 Å². The number of halogens is 1. The Labute approximate surface area is 201 Å². The summed E-state index contributed by atoms with van der Waals surface area (Å²) in [6.45, 7) is 3.10. The molecule has 3 rings (SSSR count). The Hall–Kier alpha value is -2.94. The van der Waals surface area contributed by atoms with Crippen molar-refractivity contribution in [1.82, 2.24) is 10.2 Å². The first-order chi connectivity index (χ1) is 16.0. The van der Waals surface area contributed by atoms with Crippen LogP contribution >= 0.6 is 0 Å². The second-order valence-electron chi connectivity index (χ2n) is 8.92. The third-order valence-corrected chi connectivity index (χ3v) is 7.28. The molecule has 2 amide bonds. The van der Waals surface area contributed by atoms with Crippen molar-refractivity contribution in [3.8, 4) is 0 Å². The van der Waals surface area contributed by atoms with Crippen molar-refractivity contribution in [3.05, 3.63) is 65.5 Å². The minimum atomic E-state index is -3.77. The van der Waals surface area contributed by atoms with Crippen molar-refractivity contribution in [2.24, 2.45) is 0 Å². The van der Waals surface area contributed by atoms with Gasteiger partial charge in [-0.3, -0.25) is 13.9 Å². The highest BCUT2D eigenvalue weighted by atomic mass is 32.2. The molecule has 0 heterocycles. The molecular formula is C25H32FN3O4S. The summed E-state index contributed by atoms with van der Waals surface area (Å²) in [5, 5.41) is 3.01. The van der Waals surface area contributed by atoms with Crippen LogP contribution in [0.15, 0.2) is 48.5 Å². The SMILES string of the molecule is Cc1ccc(N(CC(=O)N(Cc2ccc(F)cc2)[C@@H](C)C(=O)NC2CCCC2)S(C)(=O)=O)cc1. The fourth-order valence-corrected chi connectivity index (χ4v) is 4.94. The fourth-order valence-electron chi connectivity index (χ4n) is 4.09. The highest BCUT2D eigenvalue weighted by Gasteiger charge is 2.31. The lowest BCUT2D eigenvalue weighted by Crippen LogP contribution is -2.52. The summed E-state index contributed by atoms with van der Waals surface area (Å²) in [6.07, 6.45) is 4.95. The Morgan fingerprint density at radius 2 is 1.65 bits per heavy atom. The molecule has 1 fully saturated rings. The number of hydrogen-bond acceptors (Lipinski definition) is 4. The number of carbonyl (C=O) groups is 2. The van der Waals surface area contributed by atoms with Gasteiger partial charge >= 0.3 is 0 Å². The number of carbonyl (C=O) groups excluding carboxylic acids is 2. The smallest absolute Gasteiger partial charge is 0.244 e. The normalized spacial score (nSPS) is 15.1. The van der Waals surface area contributed by atoms with Crippen LogP contribution < -0.4 is 9.62 Å². The number of hydrogen-bond donors (Lipinski definition) is 1. The van der Waals surface area contributed by atoms with Crippen LogP contribution in [0.25, 0.3) is 0 Å². The van der Waals surface area contributed by atoms with E-state index in [2.05, 4.69) is 5.32 Å². The predicted molar refractivity (Wildman–Crippen MR) is 130 cm³/mol. The molecule has 1 N–H and O–H groups in total. The summed E-state index contributed by atoms with van der Waals surface area (Å²) < 4.78 is 39.5. The van der Waals surface area contributed by atoms with Crippen molar-refractivity contribution in [2.45, 2.75) is 58.2 Å². The molecule has 1 aliphatic carbocycles. The lowest BCUT2D eigenvalue weighted by Gasteiger charge is -2.32. The first kappa shape index (κ1) is 25.7. The number of nitrogens with zero attached hydrogens (tertiary/aromatic N) is 2. The van der Waals surface area contributed by atoms with Crippen molar-refractivity contribution >= 4 is 27.5 Å². The first-order valence-corrected chi connectivity index (χ1v) is 13.3. The van der Waals surface area contributed by atoms with Crippen molar-refractivity contribution < 1.29 is 22.4 Å². The summed E-state index contributed by atoms with van der Waals surface area (Å²) in [4.78, 5) is 27.8. The number of rotatable bonds is 9. The highest BCUT2D eigenvalue weighted by molar-refractivity contribution is 7.92. The fraction of sp³-hybridized carbons (Fsp3) is 0.440. The van der Waals surface area contributed by atoms with Gasteiger partial charge in [0.1, 0.15) is 18.4 Å². The van der Waals surface area contributed by atoms with Gasteiger partial charge in [-0.05, 0) is 56.5 Å². The van der Waals surface area contributed by atoms with Crippen LogP contribution in [0, 0.1) is 12.7 Å². The van der Waals surface area contributed by atoms with Gasteiger partial charge in [0.05, 0.1) is 11.9 Å². The largest absolute Gasteiger partial charge is 0.352 e. The molecule has 0 aliphatic heterocycles. The minimum absolute atomic E-state index is 0.0455. The minimum Gasteiger partial charge on any atom is -0.352 e. The Morgan fingerprint density at radius 1 is 1.06 bits per heavy atom. The molecule has 7 nitrogen and oxygen atoms in total. The Morgan fingerprint density at radius 3 is 2.21 bits per heavy atom. The van der Waals surface area contributed by atoms with E-state index in [4.69, 9.17) is 0 Å². The molecule has 0 aromatic heterocycles. The maximum absolute atomic E-state index is 13.5. The zero-order valence-electron chi connectivity index (χ0n) is 19.8. The van der Waals surface area contributed by atoms with Gasteiger partial charge in [0.25, 0.3) is 0 Å². The zero-order chi connectivity index (χ0) is 24.9. The summed E-state index contributed by atoms with van der Waals surface area (Å²) in [5.74, 6) is -1.22. The van der Waals surface area contributed by atoms with Crippen LogP contribution in [0.4, 0.5) is 10.1 Å². The van der Waals surface area contributed by atoms with Crippen molar-refractivity contribution in [1.29, 1.82) is 0 Å². The van der Waals surface area contributed by atoms with Crippen molar-refractivity contribution in [2.75, 3.05) is 17.1 Å². The average Bonchev–Trinajstić information content (AvgIpc) is 3.29. The van der Waals surface area contributed by atoms with E-state index >= 15 is 0 Å². The third kappa shape index (κ3) is 6.79. The van der Waals surface area contributed by atoms with E-state index in [1.54, 1.807) is 43.3 Å². The molecule has 0 saturated heterocycles. The maximum atomic E-state index is 13.5. The second-order valence-corrected chi connectivity index (χ2v) is 10.8. The van der Waals surface area contributed by atoms with E-state index in [0.717, 1.165) is 41.8 Å². The molecule has 1 aliphatic rings.